The molecule has 1 aromatic heterocycles. The van der Waals surface area contributed by atoms with Gasteiger partial charge in [0.1, 0.15) is 5.60 Å². The van der Waals surface area contributed by atoms with Crippen LogP contribution in [0.3, 0.4) is 0 Å². The number of piperidine rings is 1. The highest BCUT2D eigenvalue weighted by atomic mass is 79.9. The van der Waals surface area contributed by atoms with Crippen LogP contribution in [0.15, 0.2) is 10.7 Å². The normalized spacial score (nSPS) is 21.9. The van der Waals surface area contributed by atoms with Crippen molar-refractivity contribution in [2.75, 3.05) is 20.1 Å². The van der Waals surface area contributed by atoms with Crippen LogP contribution in [0.2, 0.25) is 0 Å². The average Bonchev–Trinajstić information content (AvgIpc) is 2.52. The lowest BCUT2D eigenvalue weighted by Crippen LogP contribution is -2.42. The Kier molecular flexibility index (Phi) is 2.87. The van der Waals surface area contributed by atoms with E-state index >= 15 is 0 Å². The summed E-state index contributed by atoms with van der Waals surface area (Å²) in [5.74, 6) is 0. The van der Waals surface area contributed by atoms with Gasteiger partial charge in [-0.2, -0.15) is 5.10 Å². The first-order valence-corrected chi connectivity index (χ1v) is 5.91. The highest BCUT2D eigenvalue weighted by Gasteiger charge is 2.37. The number of hydrogen-bond acceptors (Lipinski definition) is 3. The summed E-state index contributed by atoms with van der Waals surface area (Å²) in [6, 6.07) is 0. The Morgan fingerprint density at radius 2 is 2.00 bits per heavy atom. The van der Waals surface area contributed by atoms with Gasteiger partial charge in [-0.1, -0.05) is 0 Å². The number of likely N-dealkylation sites (tertiary alicyclic amines) is 1. The molecule has 15 heavy (non-hydrogen) atoms. The summed E-state index contributed by atoms with van der Waals surface area (Å²) >= 11 is 3.45. The first kappa shape index (κ1) is 11.1. The molecule has 2 heterocycles. The van der Waals surface area contributed by atoms with Crippen molar-refractivity contribution in [3.63, 3.8) is 0 Å². The summed E-state index contributed by atoms with van der Waals surface area (Å²) in [4.78, 5) is 2.23. The second kappa shape index (κ2) is 3.88. The monoisotopic (exact) mass is 273 g/mol. The Morgan fingerprint density at radius 1 is 1.40 bits per heavy atom. The molecule has 0 atom stereocenters. The highest BCUT2D eigenvalue weighted by molar-refractivity contribution is 9.10. The van der Waals surface area contributed by atoms with Crippen LogP contribution in [-0.2, 0) is 12.6 Å². The van der Waals surface area contributed by atoms with Gasteiger partial charge in [0.2, 0.25) is 0 Å². The zero-order valence-corrected chi connectivity index (χ0v) is 10.7. The van der Waals surface area contributed by atoms with Gasteiger partial charge >= 0.3 is 0 Å². The smallest absolute Gasteiger partial charge is 0.110 e. The molecule has 1 aliphatic heterocycles. The Morgan fingerprint density at radius 3 is 2.47 bits per heavy atom. The molecule has 0 unspecified atom stereocenters. The summed E-state index contributed by atoms with van der Waals surface area (Å²) in [5.41, 5.74) is 0.173. The Hall–Kier alpha value is -0.390. The SMILES string of the molecule is CN1CCC(O)(c2c(Br)cnn2C)CC1. The summed E-state index contributed by atoms with van der Waals surface area (Å²) in [6.45, 7) is 1.85. The number of aryl methyl sites for hydroxylation is 1. The molecule has 0 aliphatic carbocycles. The third-order valence-corrected chi connectivity index (χ3v) is 3.73. The first-order chi connectivity index (χ1) is 7.03. The molecule has 0 amide bonds. The summed E-state index contributed by atoms with van der Waals surface area (Å²) in [6.07, 6.45) is 3.27. The molecule has 1 N–H and O–H groups in total. The lowest BCUT2D eigenvalue weighted by Gasteiger charge is -2.36. The van der Waals surface area contributed by atoms with Crippen LogP contribution in [-0.4, -0.2) is 39.9 Å². The molecule has 1 saturated heterocycles. The topological polar surface area (TPSA) is 41.3 Å². The zero-order valence-electron chi connectivity index (χ0n) is 9.07. The van der Waals surface area contributed by atoms with E-state index in [1.807, 2.05) is 7.05 Å². The van der Waals surface area contributed by atoms with Crippen molar-refractivity contribution >= 4 is 15.9 Å². The summed E-state index contributed by atoms with van der Waals surface area (Å²) in [5, 5.41) is 14.7. The van der Waals surface area contributed by atoms with Gasteiger partial charge in [0, 0.05) is 20.1 Å². The van der Waals surface area contributed by atoms with Crippen molar-refractivity contribution in [1.29, 1.82) is 0 Å². The van der Waals surface area contributed by atoms with E-state index < -0.39 is 5.60 Å². The van der Waals surface area contributed by atoms with Crippen molar-refractivity contribution < 1.29 is 5.11 Å². The number of nitrogens with zero attached hydrogens (tertiary/aromatic N) is 3. The summed E-state index contributed by atoms with van der Waals surface area (Å²) in [7, 11) is 3.95. The molecule has 84 valence electrons. The fourth-order valence-electron chi connectivity index (χ4n) is 2.16. The largest absolute Gasteiger partial charge is 0.383 e. The lowest BCUT2D eigenvalue weighted by atomic mass is 9.88. The van der Waals surface area contributed by atoms with Crippen LogP contribution < -0.4 is 0 Å². The van der Waals surface area contributed by atoms with Crippen molar-refractivity contribution in [1.82, 2.24) is 14.7 Å². The maximum Gasteiger partial charge on any atom is 0.110 e. The number of aliphatic hydroxyl groups is 1. The van der Waals surface area contributed by atoms with Gasteiger partial charge in [-0.15, -0.1) is 0 Å². The van der Waals surface area contributed by atoms with Gasteiger partial charge in [0.05, 0.1) is 16.4 Å². The molecule has 5 heteroatoms. The molecule has 0 bridgehead atoms. The maximum atomic E-state index is 10.6. The molecule has 1 aromatic rings. The van der Waals surface area contributed by atoms with Crippen LogP contribution in [0, 0.1) is 0 Å². The molecule has 0 radical (unpaired) electrons. The molecule has 2 rings (SSSR count). The third kappa shape index (κ3) is 1.96. The van der Waals surface area contributed by atoms with E-state index in [1.54, 1.807) is 10.9 Å². The van der Waals surface area contributed by atoms with Gasteiger partial charge < -0.3 is 10.0 Å². The quantitative estimate of drug-likeness (QED) is 0.833. The van der Waals surface area contributed by atoms with E-state index in [9.17, 15) is 5.11 Å². The van der Waals surface area contributed by atoms with Crippen molar-refractivity contribution in [3.05, 3.63) is 16.4 Å². The molecule has 0 saturated carbocycles. The standard InChI is InChI=1S/C10H16BrN3O/c1-13-5-3-10(15,4-6-13)9-8(11)7-12-14(9)2/h7,15H,3-6H2,1-2H3. The van der Waals surface area contributed by atoms with Crippen molar-refractivity contribution in [2.24, 2.45) is 7.05 Å². The molecule has 1 fully saturated rings. The molecule has 4 nitrogen and oxygen atoms in total. The molecular formula is C10H16BrN3O. The Labute approximate surface area is 98.0 Å². The van der Waals surface area contributed by atoms with Gasteiger partial charge in [0.25, 0.3) is 0 Å². The van der Waals surface area contributed by atoms with Gasteiger partial charge in [-0.05, 0) is 35.8 Å². The number of aromatic nitrogens is 2. The third-order valence-electron chi connectivity index (χ3n) is 3.15. The fourth-order valence-corrected chi connectivity index (χ4v) is 2.88. The van der Waals surface area contributed by atoms with E-state index in [2.05, 4.69) is 33.0 Å². The maximum absolute atomic E-state index is 10.6. The first-order valence-electron chi connectivity index (χ1n) is 5.12. The summed E-state index contributed by atoms with van der Waals surface area (Å²) < 4.78 is 2.66. The number of halogens is 1. The molecular weight excluding hydrogens is 258 g/mol. The average molecular weight is 274 g/mol. The van der Waals surface area contributed by atoms with Crippen LogP contribution in [0.25, 0.3) is 0 Å². The van der Waals surface area contributed by atoms with Crippen LogP contribution in [0.4, 0.5) is 0 Å². The van der Waals surface area contributed by atoms with E-state index in [1.165, 1.54) is 0 Å². The second-order valence-corrected chi connectivity index (χ2v) is 5.15. The Balaban J connectivity index is 2.30. The van der Waals surface area contributed by atoms with E-state index in [4.69, 9.17) is 0 Å². The minimum atomic E-state index is -0.726. The van der Waals surface area contributed by atoms with Gasteiger partial charge in [-0.25, -0.2) is 0 Å². The zero-order chi connectivity index (χ0) is 11.1. The minimum Gasteiger partial charge on any atom is -0.383 e. The lowest BCUT2D eigenvalue weighted by molar-refractivity contribution is -0.0273. The minimum absolute atomic E-state index is 0.726. The van der Waals surface area contributed by atoms with Crippen molar-refractivity contribution in [3.8, 4) is 0 Å². The molecule has 0 spiro atoms. The molecule has 0 aromatic carbocycles. The van der Waals surface area contributed by atoms with Crippen molar-refractivity contribution in [2.45, 2.75) is 18.4 Å². The van der Waals surface area contributed by atoms with Gasteiger partial charge in [0.15, 0.2) is 0 Å². The Bertz CT molecular complexity index is 336. The second-order valence-electron chi connectivity index (χ2n) is 4.30. The van der Waals surface area contributed by atoms with Crippen LogP contribution in [0.5, 0.6) is 0 Å². The number of hydrogen-bond donors (Lipinski definition) is 1. The molecule has 1 aliphatic rings. The predicted molar refractivity (Wildman–Crippen MR) is 61.5 cm³/mol. The predicted octanol–water partition coefficient (Wildman–Crippen LogP) is 1.10. The highest BCUT2D eigenvalue weighted by Crippen LogP contribution is 2.36. The fraction of sp³-hybridized carbons (Fsp3) is 0.700. The van der Waals surface area contributed by atoms with E-state index in [0.717, 1.165) is 36.1 Å². The van der Waals surface area contributed by atoms with Crippen LogP contribution >= 0.6 is 15.9 Å². The van der Waals surface area contributed by atoms with E-state index in [-0.39, 0.29) is 0 Å². The number of rotatable bonds is 1. The van der Waals surface area contributed by atoms with Crippen LogP contribution in [0.1, 0.15) is 18.5 Å². The van der Waals surface area contributed by atoms with Gasteiger partial charge in [-0.3, -0.25) is 4.68 Å². The van der Waals surface area contributed by atoms with E-state index in [0.29, 0.717) is 0 Å².